The molecule has 0 aliphatic carbocycles. The Morgan fingerprint density at radius 1 is 1.62 bits per heavy atom. The van der Waals surface area contributed by atoms with E-state index in [-0.39, 0.29) is 17.7 Å². The van der Waals surface area contributed by atoms with Crippen molar-refractivity contribution in [3.63, 3.8) is 0 Å². The summed E-state index contributed by atoms with van der Waals surface area (Å²) in [6.07, 6.45) is -1.28. The monoisotopic (exact) mass is 246 g/mol. The van der Waals surface area contributed by atoms with Crippen molar-refractivity contribution in [3.05, 3.63) is 28.0 Å². The third kappa shape index (κ3) is 2.46. The molecule has 0 unspecified atom stereocenters. The van der Waals surface area contributed by atoms with Crippen LogP contribution < -0.4 is 0 Å². The molecule has 0 spiro atoms. The van der Waals surface area contributed by atoms with Gasteiger partial charge in [0.25, 0.3) is 6.43 Å². The first kappa shape index (κ1) is 10.1. The molecule has 0 radical (unpaired) electrons. The van der Waals surface area contributed by atoms with Gasteiger partial charge >= 0.3 is 0 Å². The second-order valence-corrected chi connectivity index (χ2v) is 3.24. The second-order valence-electron chi connectivity index (χ2n) is 2.33. The van der Waals surface area contributed by atoms with Crippen LogP contribution in [0.3, 0.4) is 0 Å². The van der Waals surface area contributed by atoms with Gasteiger partial charge in [-0.15, -0.1) is 0 Å². The number of nitriles is 1. The summed E-state index contributed by atoms with van der Waals surface area (Å²) in [5.74, 6) is 0. The van der Waals surface area contributed by atoms with Crippen LogP contribution in [0.15, 0.2) is 16.7 Å². The molecule has 1 aromatic heterocycles. The number of hydrogen-bond acceptors (Lipinski definition) is 2. The lowest BCUT2D eigenvalue weighted by Crippen LogP contribution is -1.97. The normalized spacial score (nSPS) is 10.1. The van der Waals surface area contributed by atoms with Gasteiger partial charge in [-0.3, -0.25) is 4.98 Å². The highest BCUT2D eigenvalue weighted by molar-refractivity contribution is 9.10. The number of aromatic nitrogens is 1. The number of pyridine rings is 1. The molecule has 0 aliphatic heterocycles. The number of hydrogen-bond donors (Lipinski definition) is 0. The first-order valence-electron chi connectivity index (χ1n) is 3.44. The van der Waals surface area contributed by atoms with Gasteiger partial charge < -0.3 is 0 Å². The van der Waals surface area contributed by atoms with Crippen LogP contribution in [0.2, 0.25) is 0 Å². The van der Waals surface area contributed by atoms with Crippen LogP contribution in [0.5, 0.6) is 0 Å². The fourth-order valence-corrected chi connectivity index (χ4v) is 1.24. The van der Waals surface area contributed by atoms with Gasteiger partial charge in [-0.05, 0) is 22.0 Å². The molecule has 0 saturated carbocycles. The van der Waals surface area contributed by atoms with E-state index in [9.17, 15) is 8.78 Å². The molecule has 0 atom stereocenters. The topological polar surface area (TPSA) is 36.7 Å². The predicted octanol–water partition coefficient (Wildman–Crippen LogP) is 2.85. The summed E-state index contributed by atoms with van der Waals surface area (Å²) in [6, 6.07) is 3.07. The summed E-state index contributed by atoms with van der Waals surface area (Å²) < 4.78 is 25.2. The van der Waals surface area contributed by atoms with Gasteiger partial charge in [0.15, 0.2) is 0 Å². The highest BCUT2D eigenvalue weighted by Gasteiger charge is 2.14. The molecule has 0 saturated heterocycles. The Labute approximate surface area is 82.3 Å². The van der Waals surface area contributed by atoms with Crippen molar-refractivity contribution in [1.29, 1.82) is 5.26 Å². The zero-order chi connectivity index (χ0) is 9.84. The Balaban J connectivity index is 3.12. The van der Waals surface area contributed by atoms with E-state index in [1.54, 1.807) is 6.07 Å². The van der Waals surface area contributed by atoms with E-state index in [2.05, 4.69) is 20.9 Å². The van der Waals surface area contributed by atoms with Gasteiger partial charge in [-0.2, -0.15) is 5.26 Å². The maximum atomic E-state index is 12.4. The maximum Gasteiger partial charge on any atom is 0.265 e. The van der Waals surface area contributed by atoms with Crippen molar-refractivity contribution in [2.75, 3.05) is 0 Å². The van der Waals surface area contributed by atoms with Crippen molar-refractivity contribution < 1.29 is 8.78 Å². The fourth-order valence-electron chi connectivity index (χ4n) is 0.895. The van der Waals surface area contributed by atoms with Gasteiger partial charge in [0.1, 0.15) is 0 Å². The Bertz CT molecular complexity index is 346. The van der Waals surface area contributed by atoms with Crippen molar-refractivity contribution >= 4 is 15.9 Å². The molecule has 1 heterocycles. The molecule has 1 rings (SSSR count). The average Bonchev–Trinajstić information content (AvgIpc) is 2.08. The van der Waals surface area contributed by atoms with Crippen LogP contribution in [0.1, 0.15) is 17.7 Å². The van der Waals surface area contributed by atoms with Gasteiger partial charge in [0.05, 0.1) is 18.2 Å². The number of rotatable bonds is 2. The van der Waals surface area contributed by atoms with Crippen LogP contribution in [0, 0.1) is 11.3 Å². The minimum absolute atomic E-state index is 0.0903. The molecule has 0 aliphatic rings. The SMILES string of the molecule is N#CCc1ncc(Br)cc1C(F)F. The summed E-state index contributed by atoms with van der Waals surface area (Å²) in [5, 5.41) is 8.35. The second kappa shape index (κ2) is 4.28. The van der Waals surface area contributed by atoms with E-state index in [0.29, 0.717) is 4.47 Å². The lowest BCUT2D eigenvalue weighted by molar-refractivity contribution is 0.150. The first-order chi connectivity index (χ1) is 6.15. The van der Waals surface area contributed by atoms with E-state index in [1.165, 1.54) is 12.3 Å². The maximum absolute atomic E-state index is 12.4. The smallest absolute Gasteiger partial charge is 0.259 e. The Kier molecular flexibility index (Phi) is 3.32. The molecule has 68 valence electrons. The zero-order valence-corrected chi connectivity index (χ0v) is 8.05. The first-order valence-corrected chi connectivity index (χ1v) is 4.24. The molecule has 0 N–H and O–H groups in total. The summed E-state index contributed by atoms with van der Waals surface area (Å²) in [7, 11) is 0. The lowest BCUT2D eigenvalue weighted by Gasteiger charge is -2.04. The Morgan fingerprint density at radius 2 is 2.31 bits per heavy atom. The molecule has 5 heteroatoms. The summed E-state index contributed by atoms with van der Waals surface area (Å²) in [4.78, 5) is 3.74. The van der Waals surface area contributed by atoms with E-state index < -0.39 is 6.43 Å². The average molecular weight is 247 g/mol. The van der Waals surface area contributed by atoms with Crippen LogP contribution in [-0.4, -0.2) is 4.98 Å². The molecule has 13 heavy (non-hydrogen) atoms. The lowest BCUT2D eigenvalue weighted by atomic mass is 10.1. The molecule has 0 bridgehead atoms. The summed E-state index contributed by atoms with van der Waals surface area (Å²) in [6.45, 7) is 0. The Morgan fingerprint density at radius 3 is 2.85 bits per heavy atom. The molecular weight excluding hydrogens is 242 g/mol. The molecule has 0 amide bonds. The molecule has 0 aromatic carbocycles. The fraction of sp³-hybridized carbons (Fsp3) is 0.250. The summed E-state index contributed by atoms with van der Waals surface area (Å²) >= 11 is 3.04. The van der Waals surface area contributed by atoms with Crippen LogP contribution in [-0.2, 0) is 6.42 Å². The highest BCUT2D eigenvalue weighted by atomic mass is 79.9. The van der Waals surface area contributed by atoms with Gasteiger partial charge in [0.2, 0.25) is 0 Å². The number of nitrogens with zero attached hydrogens (tertiary/aromatic N) is 2. The van der Waals surface area contributed by atoms with Crippen LogP contribution >= 0.6 is 15.9 Å². The van der Waals surface area contributed by atoms with E-state index in [1.807, 2.05) is 0 Å². The molecule has 0 fully saturated rings. The van der Waals surface area contributed by atoms with E-state index >= 15 is 0 Å². The van der Waals surface area contributed by atoms with Gasteiger partial charge in [-0.1, -0.05) is 0 Å². The van der Waals surface area contributed by atoms with Crippen LogP contribution in [0.4, 0.5) is 8.78 Å². The molecule has 2 nitrogen and oxygen atoms in total. The summed E-state index contributed by atoms with van der Waals surface area (Å²) in [5.41, 5.74) is -0.0448. The van der Waals surface area contributed by atoms with E-state index in [0.717, 1.165) is 0 Å². The third-order valence-electron chi connectivity index (χ3n) is 1.45. The van der Waals surface area contributed by atoms with Crippen molar-refractivity contribution in [3.8, 4) is 6.07 Å². The van der Waals surface area contributed by atoms with Crippen molar-refractivity contribution in [2.45, 2.75) is 12.8 Å². The van der Waals surface area contributed by atoms with Crippen molar-refractivity contribution in [1.82, 2.24) is 4.98 Å². The predicted molar refractivity (Wildman–Crippen MR) is 46.2 cm³/mol. The van der Waals surface area contributed by atoms with Crippen molar-refractivity contribution in [2.24, 2.45) is 0 Å². The quantitative estimate of drug-likeness (QED) is 0.805. The minimum atomic E-state index is -2.59. The molecular formula is C8H5BrF2N2. The highest BCUT2D eigenvalue weighted by Crippen LogP contribution is 2.24. The molecule has 1 aromatic rings. The largest absolute Gasteiger partial charge is 0.265 e. The van der Waals surface area contributed by atoms with Gasteiger partial charge in [0, 0.05) is 16.2 Å². The minimum Gasteiger partial charge on any atom is -0.259 e. The number of halogens is 3. The standard InChI is InChI=1S/C8H5BrF2N2/c9-5-3-6(8(10)11)7(1-2-12)13-4-5/h3-4,8H,1H2. The van der Waals surface area contributed by atoms with Crippen LogP contribution in [0.25, 0.3) is 0 Å². The number of alkyl halides is 2. The third-order valence-corrected chi connectivity index (χ3v) is 1.89. The Hall–Kier alpha value is -1.02. The van der Waals surface area contributed by atoms with E-state index in [4.69, 9.17) is 5.26 Å². The zero-order valence-electron chi connectivity index (χ0n) is 6.47. The van der Waals surface area contributed by atoms with Gasteiger partial charge in [-0.25, -0.2) is 8.78 Å².